The van der Waals surface area contributed by atoms with Crippen molar-refractivity contribution in [2.24, 2.45) is 0 Å². The number of rotatable bonds is 12. The molecule has 0 saturated heterocycles. The Labute approximate surface area is 322 Å². The molecule has 0 bridgehead atoms. The van der Waals surface area contributed by atoms with Crippen LogP contribution in [0.15, 0.2) is 120 Å². The molecular weight excluding hydrogens is 726 g/mol. The number of halogens is 1. The van der Waals surface area contributed by atoms with E-state index in [1.807, 2.05) is 31.2 Å². The lowest BCUT2D eigenvalue weighted by atomic mass is 9.83. The van der Waals surface area contributed by atoms with Crippen molar-refractivity contribution in [1.29, 1.82) is 0 Å². The largest absolute Gasteiger partial charge is 0.465 e. The Hall–Kier alpha value is -5.16. The van der Waals surface area contributed by atoms with Crippen LogP contribution in [0.5, 0.6) is 0 Å². The molecule has 3 amide bonds. The number of thioether (sulfide) groups is 1. The molecule has 1 heterocycles. The van der Waals surface area contributed by atoms with Crippen LogP contribution >= 0.6 is 34.7 Å². The Balaban J connectivity index is 1.17. The number of ether oxygens (including phenoxy) is 1. The highest BCUT2D eigenvalue weighted by molar-refractivity contribution is 8.00. The zero-order valence-electron chi connectivity index (χ0n) is 29.2. The van der Waals surface area contributed by atoms with Crippen molar-refractivity contribution in [3.63, 3.8) is 0 Å². The molecule has 3 N–H and O–H groups in total. The number of hydrogen-bond donors (Lipinski definition) is 3. The zero-order valence-corrected chi connectivity index (χ0v) is 31.6. The Bertz CT molecular complexity index is 2140. The van der Waals surface area contributed by atoms with Crippen molar-refractivity contribution in [3.8, 4) is 0 Å². The molecule has 2 unspecified atom stereocenters. The number of benzene rings is 4. The van der Waals surface area contributed by atoms with E-state index in [4.69, 9.17) is 16.3 Å². The van der Waals surface area contributed by atoms with Gasteiger partial charge >= 0.3 is 5.97 Å². The molecule has 270 valence electrons. The number of hydrogen-bond acceptors (Lipinski definition) is 7. The predicted molar refractivity (Wildman–Crippen MR) is 214 cm³/mol. The maximum atomic E-state index is 13.8. The van der Waals surface area contributed by atoms with Crippen molar-refractivity contribution in [3.05, 3.63) is 153 Å². The molecule has 0 fully saturated rings. The van der Waals surface area contributed by atoms with Crippen molar-refractivity contribution >= 4 is 75.2 Å². The van der Waals surface area contributed by atoms with E-state index in [9.17, 15) is 19.2 Å². The van der Waals surface area contributed by atoms with Crippen LogP contribution in [0.2, 0.25) is 5.02 Å². The quantitative estimate of drug-likeness (QED) is 0.0663. The van der Waals surface area contributed by atoms with Crippen LogP contribution in [-0.4, -0.2) is 36.1 Å². The van der Waals surface area contributed by atoms with Crippen molar-refractivity contribution in [1.82, 2.24) is 5.32 Å². The lowest BCUT2D eigenvalue weighted by Crippen LogP contribution is -2.30. The number of nitrogens with one attached hydrogen (secondary N) is 3. The number of methoxy groups -OCH3 is 1. The van der Waals surface area contributed by atoms with Crippen LogP contribution in [-0.2, 0) is 27.2 Å². The molecule has 1 aromatic heterocycles. The molecular formula is C42H38ClN3O5S2. The van der Waals surface area contributed by atoms with Crippen LogP contribution in [0.1, 0.15) is 68.0 Å². The predicted octanol–water partition coefficient (Wildman–Crippen LogP) is 9.38. The lowest BCUT2D eigenvalue weighted by molar-refractivity contribution is -0.116. The number of thiophene rings is 1. The number of anilines is 2. The molecule has 0 aliphatic heterocycles. The van der Waals surface area contributed by atoms with Gasteiger partial charge in [-0.25, -0.2) is 4.79 Å². The fraction of sp³-hybridized carbons (Fsp3) is 0.190. The fourth-order valence-electron chi connectivity index (χ4n) is 6.19. The summed E-state index contributed by atoms with van der Waals surface area (Å²) in [6.45, 7) is 1.93. The van der Waals surface area contributed by atoms with Gasteiger partial charge in [-0.3, -0.25) is 14.4 Å². The highest BCUT2D eigenvalue weighted by atomic mass is 35.5. The third kappa shape index (κ3) is 9.45. The Kier molecular flexibility index (Phi) is 12.5. The number of carbonyl (C=O) groups is 4. The average Bonchev–Trinajstić information content (AvgIpc) is 3.54. The van der Waals surface area contributed by atoms with Crippen LogP contribution in [0.4, 0.5) is 10.7 Å². The van der Waals surface area contributed by atoms with E-state index in [1.165, 1.54) is 35.8 Å². The Morgan fingerprint density at radius 3 is 2.34 bits per heavy atom. The third-order valence-electron chi connectivity index (χ3n) is 8.91. The van der Waals surface area contributed by atoms with E-state index in [1.54, 1.807) is 78.9 Å². The second kappa shape index (κ2) is 17.6. The van der Waals surface area contributed by atoms with Crippen molar-refractivity contribution < 1.29 is 23.9 Å². The summed E-state index contributed by atoms with van der Waals surface area (Å²) < 4.78 is 5.16. The molecule has 11 heteroatoms. The summed E-state index contributed by atoms with van der Waals surface area (Å²) in [5.74, 6) is -1.30. The summed E-state index contributed by atoms with van der Waals surface area (Å²) in [5.41, 5.74) is 4.27. The van der Waals surface area contributed by atoms with Gasteiger partial charge in [0.25, 0.3) is 11.8 Å². The molecule has 1 aliphatic rings. The standard InChI is InChI=1S/C42H38ClN3O5S2/c1-3-35(40(49)46-41-37(42(50)51-2)33-22-19-29(24-36(33)53-41)27-11-6-4-7-12-27)52-32-16-10-15-31(25-32)44-39(48)34(23-26-17-20-30(43)21-18-26)45-38(47)28-13-8-5-9-14-28/h4-18,20-21,23,25,29,35H,3,19,22,24H2,1-2H3,(H,44,48)(H,45,47)(H,46,49)/b34-23-. The molecule has 4 aromatic carbocycles. The Morgan fingerprint density at radius 1 is 0.925 bits per heavy atom. The lowest BCUT2D eigenvalue weighted by Gasteiger charge is -2.22. The van der Waals surface area contributed by atoms with Crippen LogP contribution < -0.4 is 16.0 Å². The van der Waals surface area contributed by atoms with Gasteiger partial charge in [-0.2, -0.15) is 0 Å². The molecule has 2 atom stereocenters. The molecule has 0 saturated carbocycles. The topological polar surface area (TPSA) is 114 Å². The summed E-state index contributed by atoms with van der Waals surface area (Å²) in [4.78, 5) is 55.3. The second-order valence-electron chi connectivity index (χ2n) is 12.5. The number of carbonyl (C=O) groups excluding carboxylic acids is 4. The second-order valence-corrected chi connectivity index (χ2v) is 15.3. The number of esters is 1. The van der Waals surface area contributed by atoms with Gasteiger partial charge in [0.2, 0.25) is 5.91 Å². The molecule has 8 nitrogen and oxygen atoms in total. The van der Waals surface area contributed by atoms with E-state index in [-0.39, 0.29) is 11.6 Å². The smallest absolute Gasteiger partial charge is 0.341 e. The van der Waals surface area contributed by atoms with E-state index < -0.39 is 23.0 Å². The Morgan fingerprint density at radius 2 is 1.64 bits per heavy atom. The summed E-state index contributed by atoms with van der Waals surface area (Å²) in [6.07, 6.45) is 4.52. The summed E-state index contributed by atoms with van der Waals surface area (Å²) >= 11 is 8.87. The van der Waals surface area contributed by atoms with E-state index in [2.05, 4.69) is 28.1 Å². The molecule has 0 radical (unpaired) electrons. The molecule has 0 spiro atoms. The SMILES string of the molecule is CCC(Sc1cccc(NC(=O)/C(=C/c2ccc(Cl)cc2)NC(=O)c2ccccc2)c1)C(=O)Nc1sc2c(c1C(=O)OC)CCC(c1ccccc1)C2. The minimum Gasteiger partial charge on any atom is -0.465 e. The molecule has 6 rings (SSSR count). The van der Waals surface area contributed by atoms with Crippen molar-refractivity contribution in [2.75, 3.05) is 17.7 Å². The van der Waals surface area contributed by atoms with Gasteiger partial charge in [-0.1, -0.05) is 85.3 Å². The van der Waals surface area contributed by atoms with Crippen LogP contribution in [0, 0.1) is 0 Å². The monoisotopic (exact) mass is 763 g/mol. The van der Waals surface area contributed by atoms with Gasteiger partial charge in [0.15, 0.2) is 0 Å². The number of fused-ring (bicyclic) bond motifs is 1. The average molecular weight is 764 g/mol. The van der Waals surface area contributed by atoms with Crippen LogP contribution in [0.3, 0.4) is 0 Å². The highest BCUT2D eigenvalue weighted by Gasteiger charge is 2.31. The summed E-state index contributed by atoms with van der Waals surface area (Å²) in [5, 5.41) is 9.26. The summed E-state index contributed by atoms with van der Waals surface area (Å²) in [6, 6.07) is 33.1. The first kappa shape index (κ1) is 37.6. The van der Waals surface area contributed by atoms with Crippen molar-refractivity contribution in [2.45, 2.75) is 48.7 Å². The van der Waals surface area contributed by atoms with E-state index in [0.717, 1.165) is 34.6 Å². The van der Waals surface area contributed by atoms with Gasteiger partial charge < -0.3 is 20.7 Å². The molecule has 5 aromatic rings. The first-order chi connectivity index (χ1) is 25.7. The zero-order chi connectivity index (χ0) is 37.3. The van der Waals surface area contributed by atoms with Gasteiger partial charge in [0.1, 0.15) is 10.7 Å². The molecule has 53 heavy (non-hydrogen) atoms. The van der Waals surface area contributed by atoms with E-state index >= 15 is 0 Å². The van der Waals surface area contributed by atoms with Gasteiger partial charge in [0, 0.05) is 26.0 Å². The van der Waals surface area contributed by atoms with Gasteiger partial charge in [-0.05, 0) is 96.8 Å². The first-order valence-electron chi connectivity index (χ1n) is 17.2. The number of amides is 3. The molecule has 1 aliphatic carbocycles. The highest BCUT2D eigenvalue weighted by Crippen LogP contribution is 2.43. The normalized spacial score (nSPS) is 14.4. The first-order valence-corrected chi connectivity index (χ1v) is 19.3. The third-order valence-corrected chi connectivity index (χ3v) is 11.7. The summed E-state index contributed by atoms with van der Waals surface area (Å²) in [7, 11) is 1.36. The van der Waals surface area contributed by atoms with E-state index in [0.29, 0.717) is 44.7 Å². The fourth-order valence-corrected chi connectivity index (χ4v) is 8.65. The van der Waals surface area contributed by atoms with Crippen LogP contribution in [0.25, 0.3) is 6.08 Å². The minimum atomic E-state index is -0.525. The van der Waals surface area contributed by atoms with Gasteiger partial charge in [-0.15, -0.1) is 23.1 Å². The maximum Gasteiger partial charge on any atom is 0.341 e. The minimum absolute atomic E-state index is 0.0418. The van der Waals surface area contributed by atoms with Gasteiger partial charge in [0.05, 0.1) is 17.9 Å². The maximum absolute atomic E-state index is 13.8.